The molecule has 0 aliphatic carbocycles. The molecule has 18 heteroatoms. The molecule has 0 saturated heterocycles. The molecule has 0 heterocycles. The van der Waals surface area contributed by atoms with E-state index >= 15 is 0 Å². The Balaban J connectivity index is 0.000000211. The van der Waals surface area contributed by atoms with E-state index in [0.717, 1.165) is 90.4 Å². The van der Waals surface area contributed by atoms with Crippen molar-refractivity contribution < 1.29 is 24.1 Å². The van der Waals surface area contributed by atoms with Gasteiger partial charge in [-0.15, -0.1) is 12.4 Å². The second kappa shape index (κ2) is 29.7. The van der Waals surface area contributed by atoms with Gasteiger partial charge in [-0.05, 0) is 161 Å². The predicted molar refractivity (Wildman–Crippen MR) is 334 cm³/mol. The van der Waals surface area contributed by atoms with Gasteiger partial charge < -0.3 is 35.1 Å². The smallest absolute Gasteiger partial charge is 0.269 e. The van der Waals surface area contributed by atoms with Crippen LogP contribution in [0.15, 0.2) is 200 Å². The molecule has 0 fully saturated rings. The molecule has 402 valence electrons. The van der Waals surface area contributed by atoms with E-state index in [2.05, 4.69) is 38.9 Å². The van der Waals surface area contributed by atoms with Gasteiger partial charge in [-0.3, -0.25) is 20.2 Å². The third kappa shape index (κ3) is 16.4. The Morgan fingerprint density at radius 3 is 1.13 bits per heavy atom. The van der Waals surface area contributed by atoms with E-state index in [1.54, 1.807) is 45.6 Å². The molecule has 0 saturated carbocycles. The number of nitro groups is 2. The van der Waals surface area contributed by atoms with Crippen LogP contribution >= 0.6 is 69.8 Å². The lowest BCUT2D eigenvalue weighted by molar-refractivity contribution is -0.385. The number of methoxy groups -OCH3 is 3. The van der Waals surface area contributed by atoms with Gasteiger partial charge in [0.1, 0.15) is 17.2 Å². The molecule has 0 amide bonds. The molecular formula is C60H55Cl4IN6O7. The fourth-order valence-electron chi connectivity index (χ4n) is 7.87. The summed E-state index contributed by atoms with van der Waals surface area (Å²) in [6.45, 7) is 0. The number of nitrogens with two attached hydrogens (primary N) is 1. The highest BCUT2D eigenvalue weighted by Crippen LogP contribution is 2.39. The average molecular weight is 1240 g/mol. The molecule has 9 aromatic carbocycles. The maximum absolute atomic E-state index is 10.8. The highest BCUT2D eigenvalue weighted by Gasteiger charge is 2.15. The zero-order valence-electron chi connectivity index (χ0n) is 43.2. The fourth-order valence-corrected chi connectivity index (χ4v) is 8.44. The van der Waals surface area contributed by atoms with E-state index in [-0.39, 0.29) is 23.8 Å². The van der Waals surface area contributed by atoms with Gasteiger partial charge in [-0.2, -0.15) is 0 Å². The minimum atomic E-state index is -0.422. The second-order valence-corrected chi connectivity index (χ2v) is 17.9. The Kier molecular flexibility index (Phi) is 23.3. The molecule has 9 rings (SSSR count). The lowest BCUT2D eigenvalue weighted by Crippen LogP contribution is -2.09. The van der Waals surface area contributed by atoms with E-state index in [4.69, 9.17) is 54.7 Å². The van der Waals surface area contributed by atoms with Crippen LogP contribution in [0.3, 0.4) is 0 Å². The molecule has 9 aromatic rings. The van der Waals surface area contributed by atoms with Crippen molar-refractivity contribution in [1.82, 2.24) is 0 Å². The van der Waals surface area contributed by atoms with E-state index in [1.165, 1.54) is 24.3 Å². The highest BCUT2D eigenvalue weighted by molar-refractivity contribution is 14.1. The first-order valence-electron chi connectivity index (χ1n) is 23.4. The SMILES string of the molecule is CI.COc1ccc(N(C)c2ccc(N)cc2)cc1-c1cccc(Cl)c1.COc1ccc(N(C)c2ccc([N+](=O)[O-])cc2)cc1-c1cccc(Cl)c1.COc1ccc(Nc2ccc([N+](=O)[O-])cc2)cc1-c1cccc(Cl)c1.Cl. The van der Waals surface area contributed by atoms with Crippen LogP contribution in [0.4, 0.5) is 51.2 Å². The first-order valence-corrected chi connectivity index (χ1v) is 26.7. The first kappa shape index (κ1) is 61.1. The van der Waals surface area contributed by atoms with Gasteiger partial charge in [0, 0.05) is 110 Å². The summed E-state index contributed by atoms with van der Waals surface area (Å²) in [7, 11) is 8.85. The number of halogens is 5. The van der Waals surface area contributed by atoms with Crippen molar-refractivity contribution in [3.8, 4) is 50.6 Å². The predicted octanol–water partition coefficient (Wildman–Crippen LogP) is 18.2. The zero-order chi connectivity index (χ0) is 55.6. The average Bonchev–Trinajstić information content (AvgIpc) is 3.45. The second-order valence-electron chi connectivity index (χ2n) is 16.6. The van der Waals surface area contributed by atoms with Crippen LogP contribution in [0, 0.1) is 20.2 Å². The zero-order valence-corrected chi connectivity index (χ0v) is 48.4. The summed E-state index contributed by atoms with van der Waals surface area (Å²) in [4.78, 5) is 26.7. The number of nitrogen functional groups attached to an aromatic ring is 1. The Labute approximate surface area is 488 Å². The van der Waals surface area contributed by atoms with Gasteiger partial charge >= 0.3 is 0 Å². The summed E-state index contributed by atoms with van der Waals surface area (Å²) >= 11 is 20.5. The van der Waals surface area contributed by atoms with E-state index in [1.807, 2.05) is 170 Å². The number of ether oxygens (including phenoxy) is 3. The number of hydrogen-bond acceptors (Lipinski definition) is 11. The molecule has 3 N–H and O–H groups in total. The van der Waals surface area contributed by atoms with Crippen LogP contribution in [0.25, 0.3) is 33.4 Å². The van der Waals surface area contributed by atoms with Crippen LogP contribution in [0.5, 0.6) is 17.2 Å². The summed E-state index contributed by atoms with van der Waals surface area (Å²) in [5, 5.41) is 26.8. The minimum absolute atomic E-state index is 0. The topological polar surface area (TPSA) is 158 Å². The van der Waals surface area contributed by atoms with Gasteiger partial charge in [0.25, 0.3) is 11.4 Å². The van der Waals surface area contributed by atoms with Crippen molar-refractivity contribution in [3.05, 3.63) is 235 Å². The Morgan fingerprint density at radius 2 is 0.769 bits per heavy atom. The van der Waals surface area contributed by atoms with E-state index < -0.39 is 9.85 Å². The number of nitrogens with one attached hydrogen (secondary N) is 1. The quantitative estimate of drug-likeness (QED) is 0.0351. The molecule has 0 aliphatic rings. The fraction of sp³-hybridized carbons (Fsp3) is 0.100. The van der Waals surface area contributed by atoms with Gasteiger partial charge in [-0.1, -0.05) is 93.8 Å². The molecule has 0 radical (unpaired) electrons. The monoisotopic (exact) mass is 1240 g/mol. The van der Waals surface area contributed by atoms with Crippen molar-refractivity contribution in [2.75, 3.05) is 61.2 Å². The van der Waals surface area contributed by atoms with Gasteiger partial charge in [0.2, 0.25) is 0 Å². The lowest BCUT2D eigenvalue weighted by Gasteiger charge is -2.21. The maximum Gasteiger partial charge on any atom is 0.269 e. The number of benzene rings is 9. The molecule has 0 aromatic heterocycles. The lowest BCUT2D eigenvalue weighted by atomic mass is 10.0. The minimum Gasteiger partial charge on any atom is -0.496 e. The summed E-state index contributed by atoms with van der Waals surface area (Å²) in [6.07, 6.45) is 0. The molecule has 13 nitrogen and oxygen atoms in total. The Hall–Kier alpha value is -7.73. The highest BCUT2D eigenvalue weighted by atomic mass is 127. The molecule has 0 aliphatic heterocycles. The molecule has 0 unspecified atom stereocenters. The summed E-state index contributed by atoms with van der Waals surface area (Å²) in [6, 6.07) is 61.0. The van der Waals surface area contributed by atoms with Gasteiger partial charge in [0.05, 0.1) is 31.2 Å². The van der Waals surface area contributed by atoms with Crippen molar-refractivity contribution >= 4 is 121 Å². The standard InChI is InChI=1S/C20H17ClN2O3.C20H19ClN2O.C19H15ClN2O3.CH3I.ClH/c1-22(16-6-8-17(9-7-16)23(24)25)18-10-11-20(26-2)19(13-18)14-4-3-5-15(21)12-14;1-23(17-8-6-16(22)7-9-17)18-10-11-20(24-2)19(13-18)14-4-3-5-15(21)12-14;1-25-19-10-7-16(12-18(19)13-3-2-4-14(20)11-13)21-15-5-8-17(9-6-15)22(23)24;1-2;/h3-13H,1-2H3;3-13H,22H2,1-2H3;2-12,21H,1H3;1H3;1H. The van der Waals surface area contributed by atoms with E-state index in [9.17, 15) is 20.2 Å². The van der Waals surface area contributed by atoms with Crippen LogP contribution in [0.1, 0.15) is 0 Å². The Morgan fingerprint density at radius 1 is 0.449 bits per heavy atom. The molecular weight excluding hydrogens is 1190 g/mol. The number of hydrogen-bond donors (Lipinski definition) is 2. The Bertz CT molecular complexity index is 3430. The van der Waals surface area contributed by atoms with Gasteiger partial charge in [0.15, 0.2) is 0 Å². The van der Waals surface area contributed by atoms with Crippen LogP contribution in [-0.4, -0.2) is 50.2 Å². The third-order valence-corrected chi connectivity index (χ3v) is 12.5. The summed E-state index contributed by atoms with van der Waals surface area (Å²) in [5.41, 5.74) is 17.9. The summed E-state index contributed by atoms with van der Waals surface area (Å²) < 4.78 is 16.4. The van der Waals surface area contributed by atoms with Crippen LogP contribution in [-0.2, 0) is 0 Å². The van der Waals surface area contributed by atoms with Crippen molar-refractivity contribution in [3.63, 3.8) is 0 Å². The van der Waals surface area contributed by atoms with Crippen LogP contribution in [0.2, 0.25) is 15.1 Å². The number of nitro benzene ring substituents is 2. The van der Waals surface area contributed by atoms with Crippen LogP contribution < -0.4 is 35.1 Å². The number of alkyl halides is 1. The number of non-ortho nitro benzene ring substituents is 2. The first-order chi connectivity index (χ1) is 37.1. The third-order valence-electron chi connectivity index (χ3n) is 11.8. The van der Waals surface area contributed by atoms with Gasteiger partial charge in [-0.25, -0.2) is 0 Å². The summed E-state index contributed by atoms with van der Waals surface area (Å²) in [5.74, 6) is 2.29. The molecule has 78 heavy (non-hydrogen) atoms. The number of anilines is 7. The largest absolute Gasteiger partial charge is 0.496 e. The molecule has 0 atom stereocenters. The normalized spacial score (nSPS) is 10.1. The van der Waals surface area contributed by atoms with E-state index in [0.29, 0.717) is 15.1 Å². The number of rotatable bonds is 14. The number of nitrogens with zero attached hydrogens (tertiary/aromatic N) is 4. The van der Waals surface area contributed by atoms with Crippen molar-refractivity contribution in [2.24, 2.45) is 0 Å². The van der Waals surface area contributed by atoms with Crippen molar-refractivity contribution in [1.29, 1.82) is 0 Å². The maximum atomic E-state index is 10.8. The van der Waals surface area contributed by atoms with Crippen molar-refractivity contribution in [2.45, 2.75) is 0 Å². The molecule has 0 spiro atoms. The molecule has 0 bridgehead atoms.